The molecule has 0 bridgehead atoms. The van der Waals surface area contributed by atoms with Gasteiger partial charge in [-0.05, 0) is 26.8 Å². The van der Waals surface area contributed by atoms with Crippen LogP contribution in [0.4, 0.5) is 4.79 Å². The van der Waals surface area contributed by atoms with Crippen molar-refractivity contribution in [3.8, 4) is 0 Å². The van der Waals surface area contributed by atoms with Gasteiger partial charge in [0.2, 0.25) is 0 Å². The summed E-state index contributed by atoms with van der Waals surface area (Å²) in [5.74, 6) is 0. The number of hydrogen-bond acceptors (Lipinski definition) is 2. The SMILES string of the molecule is CNC1(C)CCN(C(=O)N(C)C)CC1. The summed E-state index contributed by atoms with van der Waals surface area (Å²) in [5.41, 5.74) is 0.211. The van der Waals surface area contributed by atoms with Crippen LogP contribution in [0.15, 0.2) is 0 Å². The summed E-state index contributed by atoms with van der Waals surface area (Å²) in [6.45, 7) is 3.92. The molecule has 1 heterocycles. The van der Waals surface area contributed by atoms with Gasteiger partial charge in [0.1, 0.15) is 0 Å². The van der Waals surface area contributed by atoms with E-state index in [0.29, 0.717) is 0 Å². The van der Waals surface area contributed by atoms with Crippen molar-refractivity contribution < 1.29 is 4.79 Å². The van der Waals surface area contributed by atoms with E-state index in [1.165, 1.54) is 0 Å². The molecule has 1 aliphatic heterocycles. The minimum Gasteiger partial charge on any atom is -0.331 e. The first kappa shape index (κ1) is 11.3. The van der Waals surface area contributed by atoms with Crippen LogP contribution >= 0.6 is 0 Å². The molecule has 0 spiro atoms. The Labute approximate surface area is 86.2 Å². The van der Waals surface area contributed by atoms with E-state index in [4.69, 9.17) is 0 Å². The van der Waals surface area contributed by atoms with Gasteiger partial charge in [0.05, 0.1) is 0 Å². The third kappa shape index (κ3) is 2.38. The molecule has 0 aromatic rings. The predicted molar refractivity (Wildman–Crippen MR) is 57.4 cm³/mol. The highest BCUT2D eigenvalue weighted by Gasteiger charge is 2.30. The predicted octanol–water partition coefficient (Wildman–Crippen LogP) is 0.742. The van der Waals surface area contributed by atoms with Crippen LogP contribution in [-0.2, 0) is 0 Å². The summed E-state index contributed by atoms with van der Waals surface area (Å²) in [6, 6.07) is 0.128. The Kier molecular flexibility index (Phi) is 3.37. The van der Waals surface area contributed by atoms with E-state index >= 15 is 0 Å². The quantitative estimate of drug-likeness (QED) is 0.676. The Bertz CT molecular complexity index is 207. The van der Waals surface area contributed by atoms with Gasteiger partial charge in [-0.2, -0.15) is 0 Å². The summed E-state index contributed by atoms with van der Waals surface area (Å²) in [4.78, 5) is 15.2. The van der Waals surface area contributed by atoms with Gasteiger partial charge < -0.3 is 15.1 Å². The fourth-order valence-corrected chi connectivity index (χ4v) is 1.72. The third-order valence-electron chi connectivity index (χ3n) is 3.12. The second-order valence-electron chi connectivity index (χ2n) is 4.47. The van der Waals surface area contributed by atoms with E-state index in [2.05, 4.69) is 12.2 Å². The van der Waals surface area contributed by atoms with Gasteiger partial charge in [-0.1, -0.05) is 0 Å². The van der Waals surface area contributed by atoms with Gasteiger partial charge in [0.15, 0.2) is 0 Å². The molecule has 1 rings (SSSR count). The number of nitrogens with one attached hydrogen (secondary N) is 1. The fraction of sp³-hybridized carbons (Fsp3) is 0.900. The maximum Gasteiger partial charge on any atom is 0.319 e. The van der Waals surface area contributed by atoms with Gasteiger partial charge in [-0.3, -0.25) is 0 Å². The second-order valence-corrected chi connectivity index (χ2v) is 4.47. The van der Waals surface area contributed by atoms with E-state index < -0.39 is 0 Å². The molecule has 1 N–H and O–H groups in total. The minimum absolute atomic E-state index is 0.128. The van der Waals surface area contributed by atoms with Gasteiger partial charge in [-0.25, -0.2) is 4.79 Å². The number of urea groups is 1. The average Bonchev–Trinajstić information content (AvgIpc) is 2.18. The van der Waals surface area contributed by atoms with Crippen LogP contribution in [0.1, 0.15) is 19.8 Å². The van der Waals surface area contributed by atoms with Gasteiger partial charge in [-0.15, -0.1) is 0 Å². The maximum absolute atomic E-state index is 11.6. The Morgan fingerprint density at radius 3 is 2.21 bits per heavy atom. The molecule has 1 saturated heterocycles. The Morgan fingerprint density at radius 2 is 1.86 bits per heavy atom. The van der Waals surface area contributed by atoms with Crippen molar-refractivity contribution in [2.24, 2.45) is 0 Å². The van der Waals surface area contributed by atoms with Crippen molar-refractivity contribution in [3.63, 3.8) is 0 Å². The van der Waals surface area contributed by atoms with Crippen molar-refractivity contribution >= 4 is 6.03 Å². The van der Waals surface area contributed by atoms with E-state index in [9.17, 15) is 4.79 Å². The normalized spacial score (nSPS) is 20.7. The molecular weight excluding hydrogens is 178 g/mol. The molecule has 0 aliphatic carbocycles. The Balaban J connectivity index is 2.47. The second kappa shape index (κ2) is 4.17. The Hall–Kier alpha value is -0.770. The fourth-order valence-electron chi connectivity index (χ4n) is 1.72. The average molecular weight is 199 g/mol. The lowest BCUT2D eigenvalue weighted by molar-refractivity contribution is 0.134. The minimum atomic E-state index is 0.128. The monoisotopic (exact) mass is 199 g/mol. The molecule has 14 heavy (non-hydrogen) atoms. The molecule has 0 radical (unpaired) electrons. The summed E-state index contributed by atoms with van der Waals surface area (Å²) in [7, 11) is 5.59. The molecule has 4 heteroatoms. The van der Waals surface area contributed by atoms with Crippen molar-refractivity contribution in [2.45, 2.75) is 25.3 Å². The van der Waals surface area contributed by atoms with Crippen LogP contribution in [0.3, 0.4) is 0 Å². The highest BCUT2D eigenvalue weighted by atomic mass is 16.2. The molecule has 82 valence electrons. The zero-order chi connectivity index (χ0) is 10.8. The molecule has 4 nitrogen and oxygen atoms in total. The van der Waals surface area contributed by atoms with Crippen LogP contribution in [0.25, 0.3) is 0 Å². The number of amides is 2. The molecule has 0 atom stereocenters. The summed E-state index contributed by atoms with van der Waals surface area (Å²) in [5, 5.41) is 3.32. The van der Waals surface area contributed by atoms with Crippen LogP contribution in [0, 0.1) is 0 Å². The molecule has 0 unspecified atom stereocenters. The van der Waals surface area contributed by atoms with E-state index in [1.807, 2.05) is 11.9 Å². The third-order valence-corrected chi connectivity index (χ3v) is 3.12. The van der Waals surface area contributed by atoms with E-state index in [-0.39, 0.29) is 11.6 Å². The van der Waals surface area contributed by atoms with E-state index in [1.54, 1.807) is 19.0 Å². The molecular formula is C10H21N3O. The van der Waals surface area contributed by atoms with Crippen molar-refractivity contribution in [2.75, 3.05) is 34.2 Å². The lowest BCUT2D eigenvalue weighted by Gasteiger charge is -2.40. The van der Waals surface area contributed by atoms with Crippen LogP contribution in [-0.4, -0.2) is 55.6 Å². The van der Waals surface area contributed by atoms with Crippen LogP contribution in [0.5, 0.6) is 0 Å². The largest absolute Gasteiger partial charge is 0.331 e. The molecule has 2 amide bonds. The molecule has 0 aromatic carbocycles. The first-order chi connectivity index (χ1) is 6.48. The molecule has 1 fully saturated rings. The number of hydrogen-bond donors (Lipinski definition) is 1. The van der Waals surface area contributed by atoms with Crippen LogP contribution < -0.4 is 5.32 Å². The molecule has 1 aliphatic rings. The lowest BCUT2D eigenvalue weighted by Crippen LogP contribution is -2.53. The molecule has 0 saturated carbocycles. The van der Waals surface area contributed by atoms with Gasteiger partial charge in [0, 0.05) is 32.7 Å². The number of carbonyl (C=O) groups excluding carboxylic acids is 1. The standard InChI is InChI=1S/C10H21N3O/c1-10(11-2)5-7-13(8-6-10)9(14)12(3)4/h11H,5-8H2,1-4H3. The maximum atomic E-state index is 11.6. The summed E-state index contributed by atoms with van der Waals surface area (Å²) < 4.78 is 0. The highest BCUT2D eigenvalue weighted by molar-refractivity contribution is 5.73. The van der Waals surface area contributed by atoms with Gasteiger partial charge >= 0.3 is 6.03 Å². The summed E-state index contributed by atoms with van der Waals surface area (Å²) in [6.07, 6.45) is 2.06. The Morgan fingerprint density at radius 1 is 1.36 bits per heavy atom. The molecule has 0 aromatic heterocycles. The van der Waals surface area contributed by atoms with E-state index in [0.717, 1.165) is 25.9 Å². The highest BCUT2D eigenvalue weighted by Crippen LogP contribution is 2.21. The summed E-state index contributed by atoms with van der Waals surface area (Å²) >= 11 is 0. The van der Waals surface area contributed by atoms with Crippen molar-refractivity contribution in [3.05, 3.63) is 0 Å². The zero-order valence-electron chi connectivity index (χ0n) is 9.63. The number of carbonyl (C=O) groups is 1. The lowest BCUT2D eigenvalue weighted by atomic mass is 9.90. The number of likely N-dealkylation sites (tertiary alicyclic amines) is 1. The van der Waals surface area contributed by atoms with Crippen molar-refractivity contribution in [1.82, 2.24) is 15.1 Å². The van der Waals surface area contributed by atoms with Crippen LogP contribution in [0.2, 0.25) is 0 Å². The van der Waals surface area contributed by atoms with Crippen molar-refractivity contribution in [1.29, 1.82) is 0 Å². The topological polar surface area (TPSA) is 35.6 Å². The first-order valence-corrected chi connectivity index (χ1v) is 5.14. The number of nitrogens with zero attached hydrogens (tertiary/aromatic N) is 2. The zero-order valence-corrected chi connectivity index (χ0v) is 9.63. The smallest absolute Gasteiger partial charge is 0.319 e. The number of rotatable bonds is 1. The number of piperidine rings is 1. The van der Waals surface area contributed by atoms with Gasteiger partial charge in [0.25, 0.3) is 0 Å². The first-order valence-electron chi connectivity index (χ1n) is 5.14.